The molecule has 2 saturated heterocycles. The fourth-order valence-corrected chi connectivity index (χ4v) is 4.48. The number of carbonyl (C=O) groups is 1. The highest BCUT2D eigenvalue weighted by Crippen LogP contribution is 2.36. The van der Waals surface area contributed by atoms with Gasteiger partial charge in [0, 0.05) is 24.5 Å². The zero-order valence-electron chi connectivity index (χ0n) is 16.1. The first-order valence-electron chi connectivity index (χ1n) is 9.72. The number of rotatable bonds is 5. The van der Waals surface area contributed by atoms with Gasteiger partial charge in [-0.3, -0.25) is 9.69 Å². The summed E-state index contributed by atoms with van der Waals surface area (Å²) < 4.78 is 11.3. The van der Waals surface area contributed by atoms with E-state index < -0.39 is 0 Å². The molecule has 0 N–H and O–H groups in total. The van der Waals surface area contributed by atoms with Crippen LogP contribution in [0.2, 0.25) is 0 Å². The van der Waals surface area contributed by atoms with Crippen molar-refractivity contribution in [2.45, 2.75) is 38.4 Å². The fraction of sp³-hybridized carbons (Fsp3) is 0.435. The Hall–Kier alpha value is -2.17. The lowest BCUT2D eigenvalue weighted by molar-refractivity contribution is -0.0873. The van der Waals surface area contributed by atoms with Crippen LogP contribution < -0.4 is 4.74 Å². The number of nitrogens with zero attached hydrogens (tertiary/aromatic N) is 1. The molecule has 0 saturated carbocycles. The molecule has 27 heavy (non-hydrogen) atoms. The highest BCUT2D eigenvalue weighted by molar-refractivity contribution is 6.00. The van der Waals surface area contributed by atoms with Crippen LogP contribution in [0.3, 0.4) is 0 Å². The predicted octanol–water partition coefficient (Wildman–Crippen LogP) is 3.87. The zero-order chi connectivity index (χ0) is 18.8. The first-order valence-corrected chi connectivity index (χ1v) is 9.72. The molecule has 142 valence electrons. The topological polar surface area (TPSA) is 38.8 Å². The summed E-state index contributed by atoms with van der Waals surface area (Å²) in [5.74, 6) is 0.934. The first-order chi connectivity index (χ1) is 13.2. The summed E-state index contributed by atoms with van der Waals surface area (Å²) >= 11 is 0. The molecule has 2 atom stereocenters. The normalized spacial score (nSPS) is 25.2. The maximum atomic E-state index is 13.2. The van der Waals surface area contributed by atoms with Gasteiger partial charge in [-0.25, -0.2) is 0 Å². The molecule has 4 heteroatoms. The van der Waals surface area contributed by atoms with E-state index in [2.05, 4.69) is 29.2 Å². The summed E-state index contributed by atoms with van der Waals surface area (Å²) in [6.07, 6.45) is 1.69. The predicted molar refractivity (Wildman–Crippen MR) is 105 cm³/mol. The molecule has 2 aliphatic heterocycles. The van der Waals surface area contributed by atoms with Gasteiger partial charge in [0.1, 0.15) is 5.75 Å². The number of Topliss-reactive ketones (excluding diaryl/α,β-unsaturated/α-hetero) is 1. The van der Waals surface area contributed by atoms with Crippen LogP contribution in [0.1, 0.15) is 34.3 Å². The van der Waals surface area contributed by atoms with E-state index in [1.54, 1.807) is 7.11 Å². The van der Waals surface area contributed by atoms with E-state index in [4.69, 9.17) is 9.47 Å². The van der Waals surface area contributed by atoms with Crippen molar-refractivity contribution in [2.75, 3.05) is 20.3 Å². The zero-order valence-corrected chi connectivity index (χ0v) is 16.1. The van der Waals surface area contributed by atoms with Gasteiger partial charge in [0.05, 0.1) is 25.9 Å². The van der Waals surface area contributed by atoms with Crippen molar-refractivity contribution in [3.63, 3.8) is 0 Å². The summed E-state index contributed by atoms with van der Waals surface area (Å²) in [7, 11) is 1.64. The number of aryl methyl sites for hydroxylation is 1. The van der Waals surface area contributed by atoms with E-state index in [1.807, 2.05) is 31.2 Å². The van der Waals surface area contributed by atoms with E-state index in [0.717, 1.165) is 24.9 Å². The number of ketones is 1. The minimum atomic E-state index is 0.0347. The van der Waals surface area contributed by atoms with Crippen molar-refractivity contribution in [3.05, 3.63) is 65.2 Å². The Morgan fingerprint density at radius 3 is 2.48 bits per heavy atom. The van der Waals surface area contributed by atoms with Crippen molar-refractivity contribution < 1.29 is 14.3 Å². The fourth-order valence-electron chi connectivity index (χ4n) is 4.48. The molecule has 0 amide bonds. The number of ether oxygens (including phenoxy) is 2. The quantitative estimate of drug-likeness (QED) is 0.754. The van der Waals surface area contributed by atoms with Crippen LogP contribution in [0.4, 0.5) is 0 Å². The maximum absolute atomic E-state index is 13.2. The minimum Gasteiger partial charge on any atom is -0.496 e. The molecular weight excluding hydrogens is 338 g/mol. The SMILES string of the molecule is COc1cc(C)ccc1C(=O)C1CC2COCC(C1)N2Cc1ccccc1. The lowest BCUT2D eigenvalue weighted by Gasteiger charge is -2.48. The molecule has 2 bridgehead atoms. The Balaban J connectivity index is 1.52. The van der Waals surface area contributed by atoms with Crippen LogP contribution in [-0.2, 0) is 11.3 Å². The number of carbonyl (C=O) groups excluding carboxylic acids is 1. The lowest BCUT2D eigenvalue weighted by Crippen LogP contribution is -2.57. The molecule has 2 heterocycles. The van der Waals surface area contributed by atoms with Gasteiger partial charge < -0.3 is 9.47 Å². The second-order valence-corrected chi connectivity index (χ2v) is 7.74. The van der Waals surface area contributed by atoms with Crippen molar-refractivity contribution in [1.82, 2.24) is 4.90 Å². The van der Waals surface area contributed by atoms with Crippen LogP contribution in [0.15, 0.2) is 48.5 Å². The van der Waals surface area contributed by atoms with Crippen molar-refractivity contribution >= 4 is 5.78 Å². The van der Waals surface area contributed by atoms with E-state index in [-0.39, 0.29) is 11.7 Å². The molecule has 4 nitrogen and oxygen atoms in total. The van der Waals surface area contributed by atoms with Crippen molar-refractivity contribution in [3.8, 4) is 5.75 Å². The Kier molecular flexibility index (Phi) is 5.28. The van der Waals surface area contributed by atoms with Crippen molar-refractivity contribution in [1.29, 1.82) is 0 Å². The van der Waals surface area contributed by atoms with E-state index in [9.17, 15) is 4.79 Å². The summed E-state index contributed by atoms with van der Waals surface area (Å²) in [5, 5.41) is 0. The average Bonchev–Trinajstić information content (AvgIpc) is 2.68. The molecule has 4 rings (SSSR count). The Labute approximate surface area is 161 Å². The van der Waals surface area contributed by atoms with Crippen LogP contribution in [0, 0.1) is 12.8 Å². The molecule has 2 aliphatic rings. The van der Waals surface area contributed by atoms with Crippen LogP contribution in [-0.4, -0.2) is 43.1 Å². The number of morpholine rings is 1. The van der Waals surface area contributed by atoms with E-state index >= 15 is 0 Å². The Morgan fingerprint density at radius 1 is 1.11 bits per heavy atom. The maximum Gasteiger partial charge on any atom is 0.169 e. The average molecular weight is 365 g/mol. The van der Waals surface area contributed by atoms with E-state index in [1.165, 1.54) is 5.56 Å². The molecule has 2 aromatic carbocycles. The van der Waals surface area contributed by atoms with E-state index in [0.29, 0.717) is 36.6 Å². The third-order valence-corrected chi connectivity index (χ3v) is 5.87. The number of benzene rings is 2. The van der Waals surface area contributed by atoms with Crippen molar-refractivity contribution in [2.24, 2.45) is 5.92 Å². The second-order valence-electron chi connectivity index (χ2n) is 7.74. The lowest BCUT2D eigenvalue weighted by atomic mass is 9.80. The monoisotopic (exact) mass is 365 g/mol. The summed E-state index contributed by atoms with van der Waals surface area (Å²) in [4.78, 5) is 15.8. The van der Waals surface area contributed by atoms with Gasteiger partial charge in [0.2, 0.25) is 0 Å². The molecule has 0 radical (unpaired) electrons. The largest absolute Gasteiger partial charge is 0.496 e. The molecule has 2 aromatic rings. The number of piperidine rings is 1. The van der Waals surface area contributed by atoms with Crippen LogP contribution in [0.5, 0.6) is 5.75 Å². The molecule has 2 fully saturated rings. The number of fused-ring (bicyclic) bond motifs is 2. The minimum absolute atomic E-state index is 0.0347. The third-order valence-electron chi connectivity index (χ3n) is 5.87. The summed E-state index contributed by atoms with van der Waals surface area (Å²) in [6, 6.07) is 17.0. The Morgan fingerprint density at radius 2 is 1.81 bits per heavy atom. The van der Waals surface area contributed by atoms with Gasteiger partial charge in [-0.1, -0.05) is 36.4 Å². The number of hydrogen-bond acceptors (Lipinski definition) is 4. The molecule has 2 unspecified atom stereocenters. The third kappa shape index (κ3) is 3.78. The van der Waals surface area contributed by atoms with Gasteiger partial charge in [0.25, 0.3) is 0 Å². The number of hydrogen-bond donors (Lipinski definition) is 0. The highest BCUT2D eigenvalue weighted by Gasteiger charge is 2.41. The van der Waals surface area contributed by atoms with Gasteiger partial charge >= 0.3 is 0 Å². The van der Waals surface area contributed by atoms with Gasteiger partial charge in [-0.15, -0.1) is 0 Å². The molecular formula is C23H27NO3. The number of methoxy groups -OCH3 is 1. The van der Waals surface area contributed by atoms with Gasteiger partial charge in [0.15, 0.2) is 5.78 Å². The highest BCUT2D eigenvalue weighted by atomic mass is 16.5. The standard InChI is InChI=1S/C23H27NO3/c1-16-8-9-21(22(10-16)26-2)23(25)18-11-19-14-27-15-20(12-18)24(19)13-17-6-4-3-5-7-17/h3-10,18-20H,11-15H2,1-2H3. The Bertz CT molecular complexity index is 791. The molecule has 0 spiro atoms. The van der Waals surface area contributed by atoms with Crippen LogP contribution >= 0.6 is 0 Å². The van der Waals surface area contributed by atoms with Gasteiger partial charge in [-0.05, 0) is 43.0 Å². The smallest absolute Gasteiger partial charge is 0.169 e. The second kappa shape index (κ2) is 7.83. The molecule has 0 aliphatic carbocycles. The summed E-state index contributed by atoms with van der Waals surface area (Å²) in [6.45, 7) is 4.35. The summed E-state index contributed by atoms with van der Waals surface area (Å²) in [5.41, 5.74) is 3.13. The van der Waals surface area contributed by atoms with Crippen LogP contribution in [0.25, 0.3) is 0 Å². The first kappa shape index (κ1) is 18.2. The molecule has 0 aromatic heterocycles. The van der Waals surface area contributed by atoms with Gasteiger partial charge in [-0.2, -0.15) is 0 Å².